The van der Waals surface area contributed by atoms with Crippen LogP contribution in [0, 0.1) is 18.4 Å². The standard InChI is InChI=1S/C55H80N4O16/c1-13-44(63)71-43-28-46(65)70-40(18-15-17-36-26-38-27-39(56-8)20-21-41(38)57-30-36)19-16-23-59(11)31-42(62)32(3)25-37(22-24-60)51(52(43)67-12)74-54-49(66)48(58(9)10)50(33(4)69-54)73-47-29-55(7,75-35(6)61)53(34(5)68-47)72-45(64)14-2/h15,17,20-21,24,26-27,30,32-34,37,40,42-43,47-54,62,66H,13-14,16,18-19,22-23,25,28-29,31H2,1-7,9-12H3/b17-15+/t32-,33?,34?,37+,40+,42+,43-,47+,48?,49?,50-,51+,52+,53+,54+,55?/m1/s1. The molecule has 0 radical (unpaired) electrons. The average molecular weight is 1050 g/mol. The van der Waals surface area contributed by atoms with Crippen LogP contribution in [0.5, 0.6) is 0 Å². The fourth-order valence-corrected chi connectivity index (χ4v) is 10.5. The minimum Gasteiger partial charge on any atom is -0.462 e. The molecule has 1 aromatic heterocycles. The van der Waals surface area contributed by atoms with Crippen molar-refractivity contribution in [1.82, 2.24) is 14.8 Å². The molecule has 3 saturated heterocycles. The Kier molecular flexibility index (Phi) is 23.1. The molecule has 2 aromatic rings. The number of aliphatic hydroxyl groups is 2. The zero-order valence-corrected chi connectivity index (χ0v) is 45.5. The molecule has 20 nitrogen and oxygen atoms in total. The number of fused-ring (bicyclic) bond motifs is 1. The first-order chi connectivity index (χ1) is 35.6. The normalized spacial score (nSPS) is 33.8. The fraction of sp³-hybridized carbons (Fsp3) is 0.691. The van der Waals surface area contributed by atoms with Gasteiger partial charge < -0.3 is 67.4 Å². The maximum atomic E-state index is 14.2. The van der Waals surface area contributed by atoms with E-state index >= 15 is 0 Å². The molecule has 0 aliphatic carbocycles. The second-order valence-corrected chi connectivity index (χ2v) is 20.6. The summed E-state index contributed by atoms with van der Waals surface area (Å²) >= 11 is 0. The number of pyridine rings is 1. The summed E-state index contributed by atoms with van der Waals surface area (Å²) in [6, 6.07) is 6.38. The van der Waals surface area contributed by atoms with E-state index in [4.69, 9.17) is 49.2 Å². The molecule has 5 rings (SSSR count). The first-order valence-corrected chi connectivity index (χ1v) is 26.1. The second kappa shape index (κ2) is 28.4. The van der Waals surface area contributed by atoms with Gasteiger partial charge in [-0.05, 0) is 109 Å². The molecule has 416 valence electrons. The van der Waals surface area contributed by atoms with Crippen molar-refractivity contribution in [3.05, 3.63) is 53.5 Å². The van der Waals surface area contributed by atoms with Gasteiger partial charge in [-0.15, -0.1) is 0 Å². The molecular weight excluding hydrogens is 973 g/mol. The molecule has 0 spiro atoms. The molecule has 4 heterocycles. The summed E-state index contributed by atoms with van der Waals surface area (Å²) in [4.78, 5) is 76.8. The zero-order chi connectivity index (χ0) is 55.1. The van der Waals surface area contributed by atoms with Crippen molar-refractivity contribution in [3.63, 3.8) is 0 Å². The van der Waals surface area contributed by atoms with Gasteiger partial charge in [0.05, 0.1) is 49.0 Å². The minimum atomic E-state index is -1.45. The summed E-state index contributed by atoms with van der Waals surface area (Å²) < 4.78 is 56.1. The smallest absolute Gasteiger partial charge is 0.309 e. The number of likely N-dealkylation sites (N-methyl/N-ethyl adjacent to an activating group) is 2. The highest BCUT2D eigenvalue weighted by Gasteiger charge is 2.54. The van der Waals surface area contributed by atoms with Crippen LogP contribution in [0.25, 0.3) is 21.8 Å². The quantitative estimate of drug-likeness (QED) is 0.0884. The highest BCUT2D eigenvalue weighted by atomic mass is 16.7. The predicted molar refractivity (Wildman–Crippen MR) is 275 cm³/mol. The molecular formula is C55H80N4O16. The molecule has 1 aromatic carbocycles. The lowest BCUT2D eigenvalue weighted by Crippen LogP contribution is -2.66. The summed E-state index contributed by atoms with van der Waals surface area (Å²) in [7, 11) is 6.76. The number of carbonyl (C=O) groups excluding carboxylic acids is 5. The predicted octanol–water partition coefficient (Wildman–Crippen LogP) is 5.73. The van der Waals surface area contributed by atoms with Crippen molar-refractivity contribution >= 4 is 52.8 Å². The Morgan fingerprint density at radius 1 is 1.00 bits per heavy atom. The Hall–Kier alpha value is -4.95. The summed E-state index contributed by atoms with van der Waals surface area (Å²) in [5.74, 6) is -3.55. The number of methoxy groups -OCH3 is 1. The van der Waals surface area contributed by atoms with Crippen LogP contribution >= 0.6 is 0 Å². The number of ether oxygens (including phenoxy) is 9. The molecule has 3 aliphatic heterocycles. The van der Waals surface area contributed by atoms with Crippen molar-refractivity contribution in [2.24, 2.45) is 11.8 Å². The third-order valence-corrected chi connectivity index (χ3v) is 14.3. The maximum Gasteiger partial charge on any atom is 0.309 e. The third-order valence-electron chi connectivity index (χ3n) is 14.3. The van der Waals surface area contributed by atoms with E-state index in [1.54, 1.807) is 78.0 Å². The highest BCUT2D eigenvalue weighted by molar-refractivity contribution is 5.84. The minimum absolute atomic E-state index is 0.0318. The zero-order valence-electron chi connectivity index (χ0n) is 45.5. The van der Waals surface area contributed by atoms with E-state index in [0.717, 1.165) is 22.8 Å². The Morgan fingerprint density at radius 2 is 1.72 bits per heavy atom. The van der Waals surface area contributed by atoms with Gasteiger partial charge in [0, 0.05) is 58.9 Å². The Bertz CT molecular complexity index is 2290. The number of aldehydes is 1. The number of aliphatic hydroxyl groups excluding tert-OH is 2. The molecule has 0 bridgehead atoms. The number of benzene rings is 1. The van der Waals surface area contributed by atoms with E-state index in [0.29, 0.717) is 38.0 Å². The van der Waals surface area contributed by atoms with Crippen LogP contribution in [0.3, 0.4) is 0 Å². The number of nitrogens with zero attached hydrogens (tertiary/aromatic N) is 4. The van der Waals surface area contributed by atoms with Gasteiger partial charge in [0.25, 0.3) is 0 Å². The highest BCUT2D eigenvalue weighted by Crippen LogP contribution is 2.39. The fourth-order valence-electron chi connectivity index (χ4n) is 10.5. The van der Waals surface area contributed by atoms with E-state index in [2.05, 4.69) is 9.83 Å². The number of hydrogen-bond donors (Lipinski definition) is 2. The number of aromatic nitrogens is 1. The second-order valence-electron chi connectivity index (χ2n) is 20.6. The first kappa shape index (κ1) is 60.9. The summed E-state index contributed by atoms with van der Waals surface area (Å²) in [5, 5.41) is 24.9. The third kappa shape index (κ3) is 16.8. The van der Waals surface area contributed by atoms with E-state index < -0.39 is 127 Å². The molecule has 0 amide bonds. The van der Waals surface area contributed by atoms with Crippen LogP contribution in [0.15, 0.2) is 36.5 Å². The van der Waals surface area contributed by atoms with Crippen LogP contribution in [0.1, 0.15) is 112 Å². The van der Waals surface area contributed by atoms with Gasteiger partial charge in [0.1, 0.15) is 36.8 Å². The Labute approximate surface area is 441 Å². The lowest BCUT2D eigenvalue weighted by atomic mass is 9.82. The lowest BCUT2D eigenvalue weighted by Gasteiger charge is -2.50. The van der Waals surface area contributed by atoms with Crippen LogP contribution in [0.2, 0.25) is 0 Å². The van der Waals surface area contributed by atoms with E-state index in [1.807, 2.05) is 37.1 Å². The first-order valence-electron chi connectivity index (χ1n) is 26.1. The van der Waals surface area contributed by atoms with Gasteiger partial charge >= 0.3 is 23.9 Å². The lowest BCUT2D eigenvalue weighted by molar-refractivity contribution is -0.344. The van der Waals surface area contributed by atoms with Gasteiger partial charge in [-0.2, -0.15) is 0 Å². The number of β-amino-alcohol motifs (C(OH)–C–C–N with tert-alkyl or cyclic N) is 1. The van der Waals surface area contributed by atoms with Crippen molar-refractivity contribution in [2.75, 3.05) is 41.3 Å². The molecule has 5 unspecified atom stereocenters. The van der Waals surface area contributed by atoms with Crippen LogP contribution in [-0.2, 0) is 66.6 Å². The van der Waals surface area contributed by atoms with E-state index in [9.17, 15) is 34.2 Å². The van der Waals surface area contributed by atoms with Crippen molar-refractivity contribution < 1.29 is 76.8 Å². The number of esters is 4. The number of cyclic esters (lactones) is 1. The molecule has 20 heteroatoms. The Morgan fingerprint density at radius 3 is 2.37 bits per heavy atom. The van der Waals surface area contributed by atoms with Gasteiger partial charge in [-0.25, -0.2) is 4.85 Å². The van der Waals surface area contributed by atoms with Gasteiger partial charge in [-0.3, -0.25) is 24.2 Å². The summed E-state index contributed by atoms with van der Waals surface area (Å²) in [5.41, 5.74) is 0.706. The molecule has 0 saturated carbocycles. The van der Waals surface area contributed by atoms with E-state index in [1.165, 1.54) is 14.0 Å². The summed E-state index contributed by atoms with van der Waals surface area (Å²) in [6.45, 7) is 19.7. The van der Waals surface area contributed by atoms with Gasteiger partial charge in [0.15, 0.2) is 30.0 Å². The van der Waals surface area contributed by atoms with Gasteiger partial charge in [-0.1, -0.05) is 39.0 Å². The molecule has 3 aliphatic rings. The van der Waals surface area contributed by atoms with Crippen LogP contribution < -0.4 is 0 Å². The molecule has 3 fully saturated rings. The maximum absolute atomic E-state index is 14.2. The number of hydrogen-bond acceptors (Lipinski definition) is 19. The number of carbonyl (C=O) groups is 5. The van der Waals surface area contributed by atoms with Crippen molar-refractivity contribution in [2.45, 2.75) is 192 Å². The van der Waals surface area contributed by atoms with Crippen LogP contribution in [-0.4, -0.2) is 182 Å². The molecule has 16 atom stereocenters. The van der Waals surface area contributed by atoms with Gasteiger partial charge in [0.2, 0.25) is 0 Å². The largest absolute Gasteiger partial charge is 0.462 e. The SMILES string of the molecule is [C-]#[N+]c1ccc2ncc(/C=C/C[C@H]3CCCN(C)C[C@H](O)[C@H](C)C[C@H](CC=O)[C@H](O[C@@H]4OC(C)[C@@H](O[C@H]5CC(C)(OC(C)=O)[C@@H](OC(=O)CC)C(C)O5)C(N(C)C)C4O)[C@@H](OC)[C@H](OC(=O)CC)CC(=O)O3)cc2c1. The van der Waals surface area contributed by atoms with Crippen molar-refractivity contribution in [1.29, 1.82) is 0 Å². The van der Waals surface area contributed by atoms with Crippen molar-refractivity contribution in [3.8, 4) is 0 Å². The Balaban J connectivity index is 1.46. The monoisotopic (exact) mass is 1050 g/mol. The number of rotatable bonds is 16. The summed E-state index contributed by atoms with van der Waals surface area (Å²) in [6.07, 6.45) is -5.24. The topological polar surface area (TPSA) is 233 Å². The van der Waals surface area contributed by atoms with Crippen LogP contribution in [0.4, 0.5) is 5.69 Å². The van der Waals surface area contributed by atoms with E-state index in [-0.39, 0.29) is 32.1 Å². The average Bonchev–Trinajstić information content (AvgIpc) is 3.35. The molecule has 2 N–H and O–H groups in total. The molecule has 75 heavy (non-hydrogen) atoms.